The Bertz CT molecular complexity index is 394. The zero-order chi connectivity index (χ0) is 11.0. The van der Waals surface area contributed by atoms with Crippen LogP contribution in [0.15, 0.2) is 23.1 Å². The van der Waals surface area contributed by atoms with E-state index in [9.17, 15) is 0 Å². The molecule has 1 aliphatic heterocycles. The van der Waals surface area contributed by atoms with Gasteiger partial charge in [-0.1, -0.05) is 25.3 Å². The summed E-state index contributed by atoms with van der Waals surface area (Å²) in [5.74, 6) is 0.999. The van der Waals surface area contributed by atoms with Crippen molar-refractivity contribution < 1.29 is 4.74 Å². The molecular formula is C14H18OS. The van der Waals surface area contributed by atoms with Gasteiger partial charge in [0.15, 0.2) is 0 Å². The monoisotopic (exact) mass is 234 g/mol. The summed E-state index contributed by atoms with van der Waals surface area (Å²) in [5, 5.41) is 0. The maximum absolute atomic E-state index is 5.30. The highest BCUT2D eigenvalue weighted by molar-refractivity contribution is 8.01. The maximum atomic E-state index is 5.30. The van der Waals surface area contributed by atoms with Crippen molar-refractivity contribution >= 4 is 11.8 Å². The number of rotatable bonds is 1. The molecule has 16 heavy (non-hydrogen) atoms. The summed E-state index contributed by atoms with van der Waals surface area (Å²) in [6.07, 6.45) is 8.33. The molecule has 0 unspecified atom stereocenters. The molecule has 1 spiro atoms. The second-order valence-corrected chi connectivity index (χ2v) is 6.51. The van der Waals surface area contributed by atoms with E-state index >= 15 is 0 Å². The van der Waals surface area contributed by atoms with Gasteiger partial charge in [0.25, 0.3) is 0 Å². The Hall–Kier alpha value is -0.630. The number of ether oxygens (including phenoxy) is 1. The van der Waals surface area contributed by atoms with Crippen molar-refractivity contribution in [2.24, 2.45) is 0 Å². The molecule has 1 saturated carbocycles. The third kappa shape index (κ3) is 1.73. The zero-order valence-electron chi connectivity index (χ0n) is 9.79. The molecule has 0 saturated heterocycles. The highest BCUT2D eigenvalue weighted by atomic mass is 32.2. The summed E-state index contributed by atoms with van der Waals surface area (Å²) in [7, 11) is 1.75. The minimum absolute atomic E-state index is 0.535. The van der Waals surface area contributed by atoms with Gasteiger partial charge < -0.3 is 4.74 Å². The lowest BCUT2D eigenvalue weighted by Crippen LogP contribution is -2.26. The van der Waals surface area contributed by atoms with E-state index in [0.717, 1.165) is 5.75 Å². The van der Waals surface area contributed by atoms with Gasteiger partial charge in [-0.25, -0.2) is 0 Å². The van der Waals surface area contributed by atoms with Crippen molar-refractivity contribution in [1.82, 2.24) is 0 Å². The molecule has 0 aromatic heterocycles. The Balaban J connectivity index is 1.87. The second kappa shape index (κ2) is 3.99. The lowest BCUT2D eigenvalue weighted by molar-refractivity contribution is 0.400. The van der Waals surface area contributed by atoms with Crippen molar-refractivity contribution in [3.05, 3.63) is 23.8 Å². The third-order valence-electron chi connectivity index (χ3n) is 3.88. The quantitative estimate of drug-likeness (QED) is 0.725. The minimum Gasteiger partial charge on any atom is -0.497 e. The van der Waals surface area contributed by atoms with Crippen LogP contribution in [0.1, 0.15) is 37.7 Å². The molecule has 1 heterocycles. The molecule has 2 heteroatoms. The van der Waals surface area contributed by atoms with Crippen molar-refractivity contribution in [3.8, 4) is 5.75 Å². The average molecular weight is 234 g/mol. The van der Waals surface area contributed by atoms with E-state index in [2.05, 4.69) is 30.0 Å². The van der Waals surface area contributed by atoms with Crippen LogP contribution in [-0.4, -0.2) is 11.9 Å². The number of hydrogen-bond donors (Lipinski definition) is 0. The molecule has 1 aromatic rings. The molecule has 0 radical (unpaired) electrons. The summed E-state index contributed by atoms with van der Waals surface area (Å²) in [5.41, 5.74) is 1.53. The first-order chi connectivity index (χ1) is 7.81. The first-order valence-corrected chi connectivity index (χ1v) is 6.99. The normalized spacial score (nSPS) is 22.1. The standard InChI is InChI=1S/C14H18OS/c1-15-12-6-5-11-10-14(16-13(11)9-12)7-3-2-4-8-14/h5-6,9H,2-4,7-8,10H2,1H3. The van der Waals surface area contributed by atoms with Crippen LogP contribution in [0.5, 0.6) is 5.75 Å². The van der Waals surface area contributed by atoms with Gasteiger partial charge in [0.2, 0.25) is 0 Å². The Morgan fingerprint density at radius 1 is 1.19 bits per heavy atom. The average Bonchev–Trinajstić information content (AvgIpc) is 2.66. The SMILES string of the molecule is COc1ccc2c(c1)SC1(CCCCC1)C2. The van der Waals surface area contributed by atoms with Crippen molar-refractivity contribution in [2.75, 3.05) is 7.11 Å². The Kier molecular flexibility index (Phi) is 2.62. The van der Waals surface area contributed by atoms with Gasteiger partial charge in [-0.2, -0.15) is 0 Å². The topological polar surface area (TPSA) is 9.23 Å². The number of thioether (sulfide) groups is 1. The second-order valence-electron chi connectivity index (χ2n) is 5.00. The van der Waals surface area contributed by atoms with E-state index in [-0.39, 0.29) is 0 Å². The van der Waals surface area contributed by atoms with Crippen molar-refractivity contribution in [2.45, 2.75) is 48.2 Å². The summed E-state index contributed by atoms with van der Waals surface area (Å²) in [6, 6.07) is 6.56. The number of methoxy groups -OCH3 is 1. The van der Waals surface area contributed by atoms with Crippen LogP contribution in [0.3, 0.4) is 0 Å². The van der Waals surface area contributed by atoms with Crippen molar-refractivity contribution in [1.29, 1.82) is 0 Å². The van der Waals surface area contributed by atoms with Gasteiger partial charge in [-0.15, -0.1) is 11.8 Å². The minimum atomic E-state index is 0.535. The van der Waals surface area contributed by atoms with E-state index in [1.807, 2.05) is 0 Å². The lowest BCUT2D eigenvalue weighted by atomic mass is 9.84. The summed E-state index contributed by atoms with van der Waals surface area (Å²) < 4.78 is 5.84. The molecule has 0 N–H and O–H groups in total. The fourth-order valence-corrected chi connectivity index (χ4v) is 4.63. The van der Waals surface area contributed by atoms with Gasteiger partial charge >= 0.3 is 0 Å². The highest BCUT2D eigenvalue weighted by Crippen LogP contribution is 2.53. The Labute approximate surface area is 102 Å². The molecule has 1 aromatic carbocycles. The molecule has 0 atom stereocenters. The number of fused-ring (bicyclic) bond motifs is 1. The van der Waals surface area contributed by atoms with E-state index in [4.69, 9.17) is 4.74 Å². The van der Waals surface area contributed by atoms with Gasteiger partial charge in [0.1, 0.15) is 5.75 Å². The largest absolute Gasteiger partial charge is 0.497 e. The fourth-order valence-electron chi connectivity index (χ4n) is 2.99. The van der Waals surface area contributed by atoms with Crippen LogP contribution >= 0.6 is 11.8 Å². The summed E-state index contributed by atoms with van der Waals surface area (Å²) >= 11 is 2.11. The van der Waals surface area contributed by atoms with Gasteiger partial charge in [-0.05, 0) is 37.0 Å². The van der Waals surface area contributed by atoms with Gasteiger partial charge in [0, 0.05) is 9.64 Å². The predicted molar refractivity (Wildman–Crippen MR) is 68.4 cm³/mol. The molecule has 0 amide bonds. The molecule has 86 valence electrons. The first kappa shape index (κ1) is 10.5. The fraction of sp³-hybridized carbons (Fsp3) is 0.571. The van der Waals surface area contributed by atoms with Crippen molar-refractivity contribution in [3.63, 3.8) is 0 Å². The smallest absolute Gasteiger partial charge is 0.119 e. The number of hydrogen-bond acceptors (Lipinski definition) is 2. The third-order valence-corrected chi connectivity index (χ3v) is 5.46. The number of benzene rings is 1. The molecular weight excluding hydrogens is 216 g/mol. The Morgan fingerprint density at radius 2 is 2.00 bits per heavy atom. The lowest BCUT2D eigenvalue weighted by Gasteiger charge is -2.32. The molecule has 0 bridgehead atoms. The van der Waals surface area contributed by atoms with E-state index < -0.39 is 0 Å². The maximum Gasteiger partial charge on any atom is 0.119 e. The van der Waals surface area contributed by atoms with Crippen LogP contribution < -0.4 is 4.74 Å². The van der Waals surface area contributed by atoms with E-state index in [1.165, 1.54) is 49.0 Å². The van der Waals surface area contributed by atoms with E-state index in [1.54, 1.807) is 7.11 Å². The first-order valence-electron chi connectivity index (χ1n) is 6.17. The summed E-state index contributed by atoms with van der Waals surface area (Å²) in [6.45, 7) is 0. The molecule has 1 nitrogen and oxygen atoms in total. The van der Waals surface area contributed by atoms with Gasteiger partial charge in [-0.3, -0.25) is 0 Å². The zero-order valence-corrected chi connectivity index (χ0v) is 10.6. The predicted octanol–water partition coefficient (Wildman–Crippen LogP) is 4.05. The van der Waals surface area contributed by atoms with Crippen LogP contribution in [0, 0.1) is 0 Å². The van der Waals surface area contributed by atoms with Crippen LogP contribution in [0.25, 0.3) is 0 Å². The molecule has 1 fully saturated rings. The molecule has 2 aliphatic rings. The van der Waals surface area contributed by atoms with Crippen LogP contribution in [-0.2, 0) is 6.42 Å². The summed E-state index contributed by atoms with van der Waals surface area (Å²) in [4.78, 5) is 1.46. The Morgan fingerprint density at radius 3 is 2.75 bits per heavy atom. The van der Waals surface area contributed by atoms with Gasteiger partial charge in [0.05, 0.1) is 7.11 Å². The van der Waals surface area contributed by atoms with E-state index in [0.29, 0.717) is 4.75 Å². The molecule has 1 aliphatic carbocycles. The van der Waals surface area contributed by atoms with Crippen LogP contribution in [0.4, 0.5) is 0 Å². The highest BCUT2D eigenvalue weighted by Gasteiger charge is 2.38. The molecule has 3 rings (SSSR count). The van der Waals surface area contributed by atoms with Crippen LogP contribution in [0.2, 0.25) is 0 Å².